The lowest BCUT2D eigenvalue weighted by Crippen LogP contribution is -2.49. The Labute approximate surface area is 126 Å². The number of nitrogens with one attached hydrogen (secondary N) is 1. The molecule has 0 saturated carbocycles. The summed E-state index contributed by atoms with van der Waals surface area (Å²) < 4.78 is 13.7. The van der Waals surface area contributed by atoms with Crippen molar-refractivity contribution < 1.29 is 9.18 Å². The highest BCUT2D eigenvalue weighted by Gasteiger charge is 2.26. The largest absolute Gasteiger partial charge is 0.349 e. The van der Waals surface area contributed by atoms with Gasteiger partial charge in [-0.1, -0.05) is 6.92 Å². The van der Waals surface area contributed by atoms with Gasteiger partial charge in [0.15, 0.2) is 0 Å². The summed E-state index contributed by atoms with van der Waals surface area (Å²) in [5.41, 5.74) is 0.549. The van der Waals surface area contributed by atoms with E-state index in [1.165, 1.54) is 12.1 Å². The minimum absolute atomic E-state index is 0.106. The van der Waals surface area contributed by atoms with Gasteiger partial charge in [0.05, 0.1) is 5.56 Å². The highest BCUT2D eigenvalue weighted by molar-refractivity contribution is 14.1. The quantitative estimate of drug-likeness (QED) is 0.805. The number of hydrogen-bond acceptors (Lipinski definition) is 2. The molecule has 0 spiro atoms. The van der Waals surface area contributed by atoms with Crippen molar-refractivity contribution in [1.29, 1.82) is 0 Å². The standard InChI is InChI=1S/C14H18FIN2O/c1-9-8-18(2)6-5-13(9)17-14(19)11-4-3-10(15)7-12(11)16/h3-4,7,9,13H,5-6,8H2,1-2H3,(H,17,19). The Balaban J connectivity index is 2.04. The van der Waals surface area contributed by atoms with Crippen LogP contribution in [0.25, 0.3) is 0 Å². The monoisotopic (exact) mass is 376 g/mol. The minimum Gasteiger partial charge on any atom is -0.349 e. The SMILES string of the molecule is CC1CN(C)CCC1NC(=O)c1ccc(F)cc1I. The second-order valence-electron chi connectivity index (χ2n) is 5.23. The first kappa shape index (κ1) is 14.7. The van der Waals surface area contributed by atoms with Crippen molar-refractivity contribution in [3.8, 4) is 0 Å². The Kier molecular flexibility index (Phi) is 4.78. The third kappa shape index (κ3) is 3.66. The molecule has 3 nitrogen and oxygen atoms in total. The lowest BCUT2D eigenvalue weighted by Gasteiger charge is -2.35. The molecule has 0 aromatic heterocycles. The van der Waals surface area contributed by atoms with Crippen molar-refractivity contribution in [2.75, 3.05) is 20.1 Å². The first-order valence-corrected chi connectivity index (χ1v) is 7.49. The first-order valence-electron chi connectivity index (χ1n) is 6.42. The van der Waals surface area contributed by atoms with Crippen LogP contribution in [0.1, 0.15) is 23.7 Å². The Hall–Kier alpha value is -0.690. The Bertz CT molecular complexity index is 481. The summed E-state index contributed by atoms with van der Waals surface area (Å²) in [6.45, 7) is 4.14. The van der Waals surface area contributed by atoms with Gasteiger partial charge in [-0.15, -0.1) is 0 Å². The topological polar surface area (TPSA) is 32.3 Å². The van der Waals surface area contributed by atoms with Gasteiger partial charge in [-0.3, -0.25) is 4.79 Å². The lowest BCUT2D eigenvalue weighted by atomic mass is 9.94. The summed E-state index contributed by atoms with van der Waals surface area (Å²) in [6.07, 6.45) is 0.960. The zero-order chi connectivity index (χ0) is 14.0. The molecule has 2 unspecified atom stereocenters. The van der Waals surface area contributed by atoms with Crippen LogP contribution < -0.4 is 5.32 Å². The molecule has 2 rings (SSSR count). The smallest absolute Gasteiger partial charge is 0.252 e. The van der Waals surface area contributed by atoms with Gasteiger partial charge in [0.1, 0.15) is 5.82 Å². The van der Waals surface area contributed by atoms with Crippen LogP contribution in [-0.4, -0.2) is 37.0 Å². The molecular formula is C14H18FIN2O. The zero-order valence-electron chi connectivity index (χ0n) is 11.1. The number of carbonyl (C=O) groups is 1. The molecule has 19 heavy (non-hydrogen) atoms. The first-order chi connectivity index (χ1) is 8.97. The van der Waals surface area contributed by atoms with E-state index in [1.54, 1.807) is 6.07 Å². The fraction of sp³-hybridized carbons (Fsp3) is 0.500. The van der Waals surface area contributed by atoms with Crippen molar-refractivity contribution in [2.24, 2.45) is 5.92 Å². The summed E-state index contributed by atoms with van der Waals surface area (Å²) in [7, 11) is 2.09. The number of rotatable bonds is 2. The number of halogens is 2. The molecule has 104 valence electrons. The van der Waals surface area contributed by atoms with Crippen LogP contribution in [0.5, 0.6) is 0 Å². The van der Waals surface area contributed by atoms with Gasteiger partial charge < -0.3 is 10.2 Å². The molecule has 1 fully saturated rings. The molecule has 1 heterocycles. The zero-order valence-corrected chi connectivity index (χ0v) is 13.3. The van der Waals surface area contributed by atoms with Gasteiger partial charge in [-0.05, 0) is 66.7 Å². The van der Waals surface area contributed by atoms with E-state index >= 15 is 0 Å². The fourth-order valence-corrected chi connectivity index (χ4v) is 3.21. The van der Waals surface area contributed by atoms with E-state index in [1.807, 2.05) is 22.6 Å². The number of nitrogens with zero attached hydrogens (tertiary/aromatic N) is 1. The molecule has 1 N–H and O–H groups in total. The van der Waals surface area contributed by atoms with E-state index in [9.17, 15) is 9.18 Å². The molecule has 1 aromatic rings. The highest BCUT2D eigenvalue weighted by atomic mass is 127. The van der Waals surface area contributed by atoms with Gasteiger partial charge >= 0.3 is 0 Å². The van der Waals surface area contributed by atoms with Crippen molar-refractivity contribution in [2.45, 2.75) is 19.4 Å². The summed E-state index contributed by atoms with van der Waals surface area (Å²) in [5, 5.41) is 3.07. The molecule has 0 aliphatic carbocycles. The molecule has 1 aliphatic heterocycles. The number of carbonyl (C=O) groups excluding carboxylic acids is 1. The van der Waals surface area contributed by atoms with Crippen LogP contribution in [0.15, 0.2) is 18.2 Å². The van der Waals surface area contributed by atoms with Crippen LogP contribution in [0.3, 0.4) is 0 Å². The van der Waals surface area contributed by atoms with Gasteiger partial charge in [0.25, 0.3) is 5.91 Å². The lowest BCUT2D eigenvalue weighted by molar-refractivity contribution is 0.0883. The van der Waals surface area contributed by atoms with Crippen molar-refractivity contribution in [1.82, 2.24) is 10.2 Å². The van der Waals surface area contributed by atoms with Crippen LogP contribution in [0.2, 0.25) is 0 Å². The Morgan fingerprint density at radius 1 is 1.53 bits per heavy atom. The van der Waals surface area contributed by atoms with Crippen molar-refractivity contribution >= 4 is 28.5 Å². The third-order valence-corrected chi connectivity index (χ3v) is 4.49. The van der Waals surface area contributed by atoms with Gasteiger partial charge in [0, 0.05) is 16.2 Å². The molecule has 1 aromatic carbocycles. The van der Waals surface area contributed by atoms with E-state index in [0.717, 1.165) is 19.5 Å². The highest BCUT2D eigenvalue weighted by Crippen LogP contribution is 2.18. The van der Waals surface area contributed by atoms with Gasteiger partial charge in [0.2, 0.25) is 0 Å². The predicted octanol–water partition coefficient (Wildman–Crippen LogP) is 2.50. The summed E-state index contributed by atoms with van der Waals surface area (Å²) in [6, 6.07) is 4.46. The van der Waals surface area contributed by atoms with E-state index in [2.05, 4.69) is 24.2 Å². The molecular weight excluding hydrogens is 358 g/mol. The maximum atomic E-state index is 13.0. The third-order valence-electron chi connectivity index (χ3n) is 3.60. The molecule has 1 saturated heterocycles. The van der Waals surface area contributed by atoms with Crippen LogP contribution in [0.4, 0.5) is 4.39 Å². The average Bonchev–Trinajstić information content (AvgIpc) is 2.32. The molecule has 0 radical (unpaired) electrons. The van der Waals surface area contributed by atoms with Gasteiger partial charge in [-0.2, -0.15) is 0 Å². The van der Waals surface area contributed by atoms with Crippen molar-refractivity contribution in [3.05, 3.63) is 33.1 Å². The second-order valence-corrected chi connectivity index (χ2v) is 6.39. The van der Waals surface area contributed by atoms with Crippen molar-refractivity contribution in [3.63, 3.8) is 0 Å². The summed E-state index contributed by atoms with van der Waals surface area (Å²) in [4.78, 5) is 14.5. The van der Waals surface area contributed by atoms with Gasteiger partial charge in [-0.25, -0.2) is 4.39 Å². The molecule has 5 heteroatoms. The fourth-order valence-electron chi connectivity index (χ4n) is 2.49. The molecule has 1 aliphatic rings. The van der Waals surface area contributed by atoms with Crippen LogP contribution >= 0.6 is 22.6 Å². The normalized spacial score (nSPS) is 24.2. The van der Waals surface area contributed by atoms with E-state index < -0.39 is 0 Å². The molecule has 1 amide bonds. The Morgan fingerprint density at radius 3 is 2.89 bits per heavy atom. The summed E-state index contributed by atoms with van der Waals surface area (Å²) in [5.74, 6) is 0.0141. The number of likely N-dealkylation sites (tertiary alicyclic amines) is 1. The maximum absolute atomic E-state index is 13.0. The number of piperidine rings is 1. The second kappa shape index (κ2) is 6.17. The molecule has 2 atom stereocenters. The Morgan fingerprint density at radius 2 is 2.26 bits per heavy atom. The maximum Gasteiger partial charge on any atom is 0.252 e. The molecule has 0 bridgehead atoms. The number of amides is 1. The van der Waals surface area contributed by atoms with E-state index in [4.69, 9.17) is 0 Å². The minimum atomic E-state index is -0.311. The average molecular weight is 376 g/mol. The summed E-state index contributed by atoms with van der Waals surface area (Å²) >= 11 is 1.99. The number of benzene rings is 1. The van der Waals surface area contributed by atoms with Crippen LogP contribution in [0, 0.1) is 15.3 Å². The van der Waals surface area contributed by atoms with E-state index in [-0.39, 0.29) is 17.8 Å². The van der Waals surface area contributed by atoms with Crippen LogP contribution in [-0.2, 0) is 0 Å². The van der Waals surface area contributed by atoms with E-state index in [0.29, 0.717) is 15.1 Å². The predicted molar refractivity (Wildman–Crippen MR) is 81.6 cm³/mol. The number of hydrogen-bond donors (Lipinski definition) is 1.